The van der Waals surface area contributed by atoms with E-state index >= 15 is 0 Å². The highest BCUT2D eigenvalue weighted by Gasteiger charge is 2.38. The minimum Gasteiger partial charge on any atom is -0.0622 e. The van der Waals surface area contributed by atoms with E-state index in [4.69, 9.17) is 0 Å². The molecule has 144 valence electrons. The second kappa shape index (κ2) is 8.79. The summed E-state index contributed by atoms with van der Waals surface area (Å²) in [5, 5.41) is 0. The predicted molar refractivity (Wildman–Crippen MR) is 109 cm³/mol. The topological polar surface area (TPSA) is 0 Å². The van der Waals surface area contributed by atoms with Crippen LogP contribution in [0.2, 0.25) is 0 Å². The fraction of sp³-hybridized carbons (Fsp3) is 1.00. The van der Waals surface area contributed by atoms with E-state index in [0.29, 0.717) is 0 Å². The van der Waals surface area contributed by atoms with Crippen LogP contribution in [0.1, 0.15) is 116 Å². The highest BCUT2D eigenvalue weighted by molar-refractivity contribution is 4.89. The van der Waals surface area contributed by atoms with E-state index in [-0.39, 0.29) is 0 Å². The van der Waals surface area contributed by atoms with Crippen LogP contribution < -0.4 is 0 Å². The summed E-state index contributed by atoms with van der Waals surface area (Å²) in [6.45, 7) is 2.63. The number of rotatable bonds is 3. The molecule has 4 fully saturated rings. The maximum Gasteiger partial charge on any atom is -0.0360 e. The van der Waals surface area contributed by atoms with Crippen LogP contribution in [0.5, 0.6) is 0 Å². The molecule has 4 aliphatic rings. The Morgan fingerprint density at radius 3 is 1.40 bits per heavy atom. The summed E-state index contributed by atoms with van der Waals surface area (Å²) in [6.07, 6.45) is 26.5. The summed E-state index contributed by atoms with van der Waals surface area (Å²) in [5.41, 5.74) is 0. The van der Waals surface area contributed by atoms with E-state index < -0.39 is 0 Å². The summed E-state index contributed by atoms with van der Waals surface area (Å²) in [4.78, 5) is 0. The van der Waals surface area contributed by atoms with Crippen LogP contribution in [-0.2, 0) is 0 Å². The molecule has 4 saturated carbocycles. The largest absolute Gasteiger partial charge is 0.0622 e. The van der Waals surface area contributed by atoms with Crippen molar-refractivity contribution in [3.8, 4) is 0 Å². The van der Waals surface area contributed by atoms with Gasteiger partial charge in [0.2, 0.25) is 0 Å². The molecule has 0 heteroatoms. The molecule has 0 amide bonds. The summed E-state index contributed by atoms with van der Waals surface area (Å²) in [6, 6.07) is 0. The molecule has 0 bridgehead atoms. The molecule has 0 aromatic carbocycles. The van der Waals surface area contributed by atoms with Crippen LogP contribution in [-0.4, -0.2) is 0 Å². The van der Waals surface area contributed by atoms with Crippen molar-refractivity contribution in [1.29, 1.82) is 0 Å². The molecule has 4 aliphatic carbocycles. The zero-order chi connectivity index (χ0) is 17.1. The Bertz CT molecular complexity index is 379. The molecule has 3 unspecified atom stereocenters. The zero-order valence-electron chi connectivity index (χ0n) is 17.1. The standard InChI is InChI=1S/C25H44/c1-19-18-24(21-10-6-3-7-11-21)16-17-25(19)23-14-12-22(13-15-23)20-8-4-2-5-9-20/h19-25H,2-18H2,1H3. The predicted octanol–water partition coefficient (Wildman–Crippen LogP) is 8.01. The quantitative estimate of drug-likeness (QED) is 0.486. The van der Waals surface area contributed by atoms with E-state index in [1.165, 1.54) is 38.5 Å². The van der Waals surface area contributed by atoms with E-state index in [2.05, 4.69) is 6.92 Å². The molecule has 3 atom stereocenters. The van der Waals surface area contributed by atoms with Crippen molar-refractivity contribution >= 4 is 0 Å². The lowest BCUT2D eigenvalue weighted by molar-refractivity contribution is 0.0580. The van der Waals surface area contributed by atoms with Crippen LogP contribution in [0.4, 0.5) is 0 Å². The van der Waals surface area contributed by atoms with Crippen molar-refractivity contribution < 1.29 is 0 Å². The third-order valence-electron chi connectivity index (χ3n) is 9.33. The SMILES string of the molecule is CC1CC(C2CCCCC2)CCC1C1CCC(C2CCCCC2)CC1. The lowest BCUT2D eigenvalue weighted by Crippen LogP contribution is -2.34. The maximum absolute atomic E-state index is 2.63. The third-order valence-corrected chi connectivity index (χ3v) is 9.33. The van der Waals surface area contributed by atoms with Gasteiger partial charge in [0.05, 0.1) is 0 Å². The van der Waals surface area contributed by atoms with Crippen LogP contribution in [0, 0.1) is 41.4 Å². The smallest absolute Gasteiger partial charge is 0.0360 e. The Hall–Kier alpha value is 0. The molecule has 0 radical (unpaired) electrons. The molecular formula is C25H44. The van der Waals surface area contributed by atoms with E-state index in [1.807, 2.05) is 0 Å². The first-order valence-corrected chi connectivity index (χ1v) is 12.3. The molecule has 0 heterocycles. The van der Waals surface area contributed by atoms with Gasteiger partial charge in [-0.1, -0.05) is 71.1 Å². The lowest BCUT2D eigenvalue weighted by atomic mass is 9.61. The average molecular weight is 345 g/mol. The highest BCUT2D eigenvalue weighted by atomic mass is 14.4. The summed E-state index contributed by atoms with van der Waals surface area (Å²) in [7, 11) is 0. The van der Waals surface area contributed by atoms with Crippen LogP contribution in [0.3, 0.4) is 0 Å². The summed E-state index contributed by atoms with van der Waals surface area (Å²) in [5.74, 6) is 7.66. The van der Waals surface area contributed by atoms with Crippen molar-refractivity contribution in [2.24, 2.45) is 41.4 Å². The van der Waals surface area contributed by atoms with Crippen molar-refractivity contribution in [2.75, 3.05) is 0 Å². The Balaban J connectivity index is 1.24. The lowest BCUT2D eigenvalue weighted by Gasteiger charge is -2.45. The molecular weight excluding hydrogens is 300 g/mol. The molecule has 0 spiro atoms. The molecule has 0 N–H and O–H groups in total. The van der Waals surface area contributed by atoms with Crippen molar-refractivity contribution in [1.82, 2.24) is 0 Å². The van der Waals surface area contributed by atoms with Crippen molar-refractivity contribution in [3.05, 3.63) is 0 Å². The van der Waals surface area contributed by atoms with Gasteiger partial charge in [0.1, 0.15) is 0 Å². The number of hydrogen-bond acceptors (Lipinski definition) is 0. The Kier molecular flexibility index (Phi) is 6.46. The first kappa shape index (κ1) is 18.4. The van der Waals surface area contributed by atoms with Gasteiger partial charge in [0.15, 0.2) is 0 Å². The fourth-order valence-electron chi connectivity index (χ4n) is 7.85. The Morgan fingerprint density at radius 1 is 0.400 bits per heavy atom. The van der Waals surface area contributed by atoms with Gasteiger partial charge < -0.3 is 0 Å². The third kappa shape index (κ3) is 4.47. The average Bonchev–Trinajstić information content (AvgIpc) is 2.69. The van der Waals surface area contributed by atoms with E-state index in [0.717, 1.165) is 41.4 Å². The van der Waals surface area contributed by atoms with Gasteiger partial charge in [-0.25, -0.2) is 0 Å². The van der Waals surface area contributed by atoms with Crippen molar-refractivity contribution in [2.45, 2.75) is 116 Å². The van der Waals surface area contributed by atoms with E-state index in [1.54, 1.807) is 70.6 Å². The van der Waals surface area contributed by atoms with Gasteiger partial charge in [-0.05, 0) is 86.4 Å². The van der Waals surface area contributed by atoms with Crippen molar-refractivity contribution in [3.63, 3.8) is 0 Å². The molecule has 0 aromatic rings. The highest BCUT2D eigenvalue weighted by Crippen LogP contribution is 2.49. The molecule has 25 heavy (non-hydrogen) atoms. The molecule has 4 rings (SSSR count). The van der Waals surface area contributed by atoms with Crippen LogP contribution in [0.15, 0.2) is 0 Å². The van der Waals surface area contributed by atoms with Crippen LogP contribution >= 0.6 is 0 Å². The minimum absolute atomic E-state index is 1.02. The molecule has 0 aromatic heterocycles. The minimum atomic E-state index is 1.02. The molecule has 0 aliphatic heterocycles. The first-order chi connectivity index (χ1) is 12.3. The van der Waals surface area contributed by atoms with Gasteiger partial charge in [0, 0.05) is 0 Å². The Labute approximate surface area is 157 Å². The fourth-order valence-corrected chi connectivity index (χ4v) is 7.85. The summed E-state index contributed by atoms with van der Waals surface area (Å²) >= 11 is 0. The zero-order valence-corrected chi connectivity index (χ0v) is 17.1. The number of hydrogen-bond donors (Lipinski definition) is 0. The van der Waals surface area contributed by atoms with Gasteiger partial charge in [-0.3, -0.25) is 0 Å². The van der Waals surface area contributed by atoms with Gasteiger partial charge in [-0.15, -0.1) is 0 Å². The van der Waals surface area contributed by atoms with Gasteiger partial charge >= 0.3 is 0 Å². The normalized spacial score (nSPS) is 42.4. The molecule has 0 saturated heterocycles. The van der Waals surface area contributed by atoms with Gasteiger partial charge in [-0.2, -0.15) is 0 Å². The summed E-state index contributed by atoms with van der Waals surface area (Å²) < 4.78 is 0. The van der Waals surface area contributed by atoms with E-state index in [9.17, 15) is 0 Å². The monoisotopic (exact) mass is 344 g/mol. The molecule has 0 nitrogen and oxygen atoms in total. The Morgan fingerprint density at radius 2 is 0.840 bits per heavy atom. The second-order valence-electron chi connectivity index (χ2n) is 10.7. The van der Waals surface area contributed by atoms with Crippen LogP contribution in [0.25, 0.3) is 0 Å². The first-order valence-electron chi connectivity index (χ1n) is 12.3. The second-order valence-corrected chi connectivity index (χ2v) is 10.7. The maximum atomic E-state index is 2.63. The van der Waals surface area contributed by atoms with Gasteiger partial charge in [0.25, 0.3) is 0 Å².